The van der Waals surface area contributed by atoms with Crippen molar-refractivity contribution in [3.05, 3.63) is 90.0 Å². The van der Waals surface area contributed by atoms with Gasteiger partial charge in [0.25, 0.3) is 21.8 Å². The molecule has 0 aliphatic carbocycles. The Kier molecular flexibility index (Phi) is 7.26. The number of nitrogens with one attached hydrogen (secondary N) is 2. The Morgan fingerprint density at radius 2 is 1.44 bits per heavy atom. The van der Waals surface area contributed by atoms with Crippen molar-refractivity contribution in [3.8, 4) is 0 Å². The number of carbonyl (C=O) groups is 2. The fourth-order valence-electron chi connectivity index (χ4n) is 2.97. The zero-order valence-corrected chi connectivity index (χ0v) is 18.7. The van der Waals surface area contributed by atoms with Crippen LogP contribution < -0.4 is 14.9 Å². The van der Waals surface area contributed by atoms with Crippen LogP contribution in [0.15, 0.2) is 83.8 Å². The number of alkyl halides is 3. The minimum atomic E-state index is -4.58. The summed E-state index contributed by atoms with van der Waals surface area (Å²) < 4.78 is 64.0. The number of para-hydroxylation sites is 2. The maximum atomic E-state index is 12.9. The molecule has 2 N–H and O–H groups in total. The van der Waals surface area contributed by atoms with Crippen molar-refractivity contribution in [2.24, 2.45) is 0 Å². The Balaban J connectivity index is 1.76. The zero-order valence-electron chi connectivity index (χ0n) is 17.8. The summed E-state index contributed by atoms with van der Waals surface area (Å²) in [6.07, 6.45) is -4.58. The van der Waals surface area contributed by atoms with E-state index in [1.54, 1.807) is 35.6 Å². The molecule has 0 bridgehead atoms. The fraction of sp³-hybridized carbons (Fsp3) is 0.130. The summed E-state index contributed by atoms with van der Waals surface area (Å²) in [6, 6.07) is 19.2. The third-order valence-electron chi connectivity index (χ3n) is 4.76. The zero-order chi connectivity index (χ0) is 24.9. The molecule has 0 aromatic heterocycles. The van der Waals surface area contributed by atoms with E-state index < -0.39 is 34.6 Å². The molecular formula is C23H20F3N3O4S. The molecule has 3 rings (SSSR count). The summed E-state index contributed by atoms with van der Waals surface area (Å²) in [4.78, 5) is 24.7. The highest BCUT2D eigenvalue weighted by Crippen LogP contribution is 2.23. The van der Waals surface area contributed by atoms with Crippen LogP contribution in [0.4, 0.5) is 24.5 Å². The van der Waals surface area contributed by atoms with Crippen LogP contribution in [0.1, 0.15) is 20.7 Å². The van der Waals surface area contributed by atoms with Crippen molar-refractivity contribution in [1.29, 1.82) is 0 Å². The first-order chi connectivity index (χ1) is 16.0. The van der Waals surface area contributed by atoms with Crippen molar-refractivity contribution in [3.63, 3.8) is 0 Å². The van der Waals surface area contributed by atoms with Gasteiger partial charge in [-0.25, -0.2) is 8.42 Å². The van der Waals surface area contributed by atoms with Crippen molar-refractivity contribution in [2.45, 2.75) is 11.1 Å². The molecule has 0 aliphatic heterocycles. The highest BCUT2D eigenvalue weighted by molar-refractivity contribution is 7.92. The smallest absolute Gasteiger partial charge is 0.343 e. The van der Waals surface area contributed by atoms with Gasteiger partial charge in [-0.2, -0.15) is 13.2 Å². The van der Waals surface area contributed by atoms with Crippen LogP contribution in [0.2, 0.25) is 0 Å². The summed E-state index contributed by atoms with van der Waals surface area (Å²) in [5, 5.41) is 4.22. The summed E-state index contributed by atoms with van der Waals surface area (Å²) in [6.45, 7) is -1.51. The van der Waals surface area contributed by atoms with E-state index in [9.17, 15) is 31.2 Å². The van der Waals surface area contributed by atoms with Gasteiger partial charge in [-0.05, 0) is 48.5 Å². The summed E-state index contributed by atoms with van der Waals surface area (Å²) in [7, 11) is -2.46. The van der Waals surface area contributed by atoms with Crippen LogP contribution in [0.5, 0.6) is 0 Å². The molecule has 0 heterocycles. The molecule has 0 aliphatic rings. The molecule has 0 fully saturated rings. The van der Waals surface area contributed by atoms with Crippen molar-refractivity contribution in [2.75, 3.05) is 23.2 Å². The van der Waals surface area contributed by atoms with E-state index in [1.807, 2.05) is 0 Å². The first-order valence-corrected chi connectivity index (χ1v) is 11.3. The summed E-state index contributed by atoms with van der Waals surface area (Å²) in [5.41, 5.74) is 0.410. The van der Waals surface area contributed by atoms with Gasteiger partial charge >= 0.3 is 6.18 Å². The Hall–Kier alpha value is -3.86. The highest BCUT2D eigenvalue weighted by Gasteiger charge is 2.28. The number of amides is 2. The first-order valence-electron chi connectivity index (χ1n) is 9.88. The van der Waals surface area contributed by atoms with Crippen LogP contribution in [0.3, 0.4) is 0 Å². The Morgan fingerprint density at radius 1 is 0.853 bits per heavy atom. The van der Waals surface area contributed by atoms with E-state index in [1.165, 1.54) is 55.6 Å². The molecule has 0 atom stereocenters. The van der Waals surface area contributed by atoms with Crippen LogP contribution in [0.25, 0.3) is 0 Å². The first kappa shape index (κ1) is 24.8. The van der Waals surface area contributed by atoms with Crippen molar-refractivity contribution in [1.82, 2.24) is 5.32 Å². The van der Waals surface area contributed by atoms with E-state index in [0.29, 0.717) is 5.69 Å². The molecule has 0 unspecified atom stereocenters. The quantitative estimate of drug-likeness (QED) is 0.521. The number of anilines is 2. The largest absolute Gasteiger partial charge is 0.405 e. The summed E-state index contributed by atoms with van der Waals surface area (Å²) in [5.74, 6) is -1.67. The maximum absolute atomic E-state index is 12.9. The lowest BCUT2D eigenvalue weighted by Crippen LogP contribution is -2.34. The van der Waals surface area contributed by atoms with Crippen molar-refractivity contribution >= 4 is 33.2 Å². The second-order valence-electron chi connectivity index (χ2n) is 7.13. The highest BCUT2D eigenvalue weighted by atomic mass is 32.2. The van der Waals surface area contributed by atoms with Gasteiger partial charge in [-0.1, -0.05) is 30.3 Å². The molecule has 2 amide bonds. The molecular weight excluding hydrogens is 471 g/mol. The molecule has 7 nitrogen and oxygen atoms in total. The van der Waals surface area contributed by atoms with Crippen LogP contribution in [-0.4, -0.2) is 40.0 Å². The van der Waals surface area contributed by atoms with E-state index >= 15 is 0 Å². The minimum absolute atomic E-state index is 0.00711. The lowest BCUT2D eigenvalue weighted by Gasteiger charge is -2.19. The monoisotopic (exact) mass is 491 g/mol. The van der Waals surface area contributed by atoms with Gasteiger partial charge < -0.3 is 10.6 Å². The average Bonchev–Trinajstić information content (AvgIpc) is 2.82. The van der Waals surface area contributed by atoms with E-state index in [-0.39, 0.29) is 21.7 Å². The Bertz CT molecular complexity index is 1280. The Morgan fingerprint density at radius 3 is 2.06 bits per heavy atom. The number of benzene rings is 3. The third-order valence-corrected chi connectivity index (χ3v) is 6.56. The molecule has 0 saturated heterocycles. The molecule has 3 aromatic rings. The number of carbonyl (C=O) groups excluding carboxylic acids is 2. The average molecular weight is 491 g/mol. The number of sulfonamides is 1. The number of halogens is 3. The van der Waals surface area contributed by atoms with E-state index in [2.05, 4.69) is 5.32 Å². The molecule has 178 valence electrons. The Labute approximate surface area is 194 Å². The standard InChI is InChI=1S/C23H20F3N3O4S/c1-29(17-7-3-2-4-8-17)34(32,33)18-13-11-16(12-14-18)21(30)28-20-10-6-5-9-19(20)22(31)27-15-23(24,25)26/h2-14H,15H2,1H3,(H,27,31)(H,28,30). The molecule has 34 heavy (non-hydrogen) atoms. The van der Waals surface area contributed by atoms with Gasteiger partial charge in [-0.3, -0.25) is 13.9 Å². The van der Waals surface area contributed by atoms with Gasteiger partial charge in [0.2, 0.25) is 0 Å². The molecule has 11 heteroatoms. The number of rotatable bonds is 7. The molecule has 0 radical (unpaired) electrons. The van der Waals surface area contributed by atoms with Crippen molar-refractivity contribution < 1.29 is 31.2 Å². The van der Waals surface area contributed by atoms with Crippen LogP contribution in [0, 0.1) is 0 Å². The van der Waals surface area contributed by atoms with Gasteiger partial charge in [-0.15, -0.1) is 0 Å². The number of hydrogen-bond donors (Lipinski definition) is 2. The van der Waals surface area contributed by atoms with E-state index in [4.69, 9.17) is 0 Å². The lowest BCUT2D eigenvalue weighted by molar-refractivity contribution is -0.123. The summed E-state index contributed by atoms with van der Waals surface area (Å²) >= 11 is 0. The van der Waals surface area contributed by atoms with Gasteiger partial charge in [0.15, 0.2) is 0 Å². The molecule has 0 saturated carbocycles. The van der Waals surface area contributed by atoms with Gasteiger partial charge in [0.1, 0.15) is 6.54 Å². The predicted molar refractivity (Wildman–Crippen MR) is 121 cm³/mol. The fourth-order valence-corrected chi connectivity index (χ4v) is 4.17. The predicted octanol–water partition coefficient (Wildman–Crippen LogP) is 4.06. The molecule has 0 spiro atoms. The topological polar surface area (TPSA) is 95.6 Å². The van der Waals surface area contributed by atoms with Crippen LogP contribution >= 0.6 is 0 Å². The SMILES string of the molecule is CN(c1ccccc1)S(=O)(=O)c1ccc(C(=O)Nc2ccccc2C(=O)NCC(F)(F)F)cc1. The van der Waals surface area contributed by atoms with Gasteiger partial charge in [0.05, 0.1) is 21.8 Å². The second kappa shape index (κ2) is 9.96. The normalized spacial score (nSPS) is 11.5. The van der Waals surface area contributed by atoms with Crippen LogP contribution in [-0.2, 0) is 10.0 Å². The minimum Gasteiger partial charge on any atom is -0.343 e. The van der Waals surface area contributed by atoms with E-state index in [0.717, 1.165) is 4.31 Å². The third kappa shape index (κ3) is 5.93. The maximum Gasteiger partial charge on any atom is 0.405 e. The second-order valence-corrected chi connectivity index (χ2v) is 9.10. The number of nitrogens with zero attached hydrogens (tertiary/aromatic N) is 1. The number of hydrogen-bond acceptors (Lipinski definition) is 4. The van der Waals surface area contributed by atoms with Gasteiger partial charge in [0, 0.05) is 12.6 Å². The lowest BCUT2D eigenvalue weighted by atomic mass is 10.1. The molecule has 3 aromatic carbocycles.